The van der Waals surface area contributed by atoms with E-state index in [2.05, 4.69) is 20.3 Å². The molecule has 146 valence electrons. The van der Waals surface area contributed by atoms with Crippen molar-refractivity contribution >= 4 is 27.4 Å². The molecule has 2 rings (SSSR count). The van der Waals surface area contributed by atoms with Crippen molar-refractivity contribution in [1.29, 1.82) is 0 Å². The van der Waals surface area contributed by atoms with E-state index in [1.165, 1.54) is 12.1 Å². The number of nitrogens with zero attached hydrogens (tertiary/aromatic N) is 1. The maximum Gasteiger partial charge on any atom is 0.263 e. The van der Waals surface area contributed by atoms with E-state index in [9.17, 15) is 22.0 Å². The summed E-state index contributed by atoms with van der Waals surface area (Å²) in [4.78, 5) is 15.2. The summed E-state index contributed by atoms with van der Waals surface area (Å²) >= 11 is 0. The molecule has 27 heavy (non-hydrogen) atoms. The maximum atomic E-state index is 13.2. The highest BCUT2D eigenvalue weighted by Gasteiger charge is 2.16. The molecule has 0 spiro atoms. The van der Waals surface area contributed by atoms with Crippen LogP contribution in [0.4, 0.5) is 20.3 Å². The molecule has 1 aromatic heterocycles. The van der Waals surface area contributed by atoms with Gasteiger partial charge in [-0.25, -0.2) is 22.2 Å². The number of aromatic nitrogens is 1. The first kappa shape index (κ1) is 20.6. The fraction of sp³-hybridized carbons (Fsp3) is 0.294. The zero-order valence-corrected chi connectivity index (χ0v) is 15.6. The average molecular weight is 398 g/mol. The standard InChI is InChI=1S/C17H20F2N4O3S/c1-11(2)17(24)21-6-5-20-16-4-3-15(10-22-16)27(25,26)23-14-8-12(18)7-13(19)9-14/h3-4,7-11,23H,5-6H2,1-2H3,(H,20,22)(H,21,24). The molecule has 0 radical (unpaired) electrons. The third-order valence-corrected chi connectivity index (χ3v) is 4.78. The number of anilines is 2. The van der Waals surface area contributed by atoms with Gasteiger partial charge in [-0.05, 0) is 24.3 Å². The summed E-state index contributed by atoms with van der Waals surface area (Å²) in [6.45, 7) is 4.38. The van der Waals surface area contributed by atoms with E-state index in [1.54, 1.807) is 13.8 Å². The second-order valence-corrected chi connectivity index (χ2v) is 7.70. The van der Waals surface area contributed by atoms with Crippen molar-refractivity contribution in [2.45, 2.75) is 18.7 Å². The van der Waals surface area contributed by atoms with Crippen molar-refractivity contribution in [3.05, 3.63) is 48.2 Å². The van der Waals surface area contributed by atoms with Crippen LogP contribution in [0.1, 0.15) is 13.8 Å². The van der Waals surface area contributed by atoms with Gasteiger partial charge in [-0.3, -0.25) is 9.52 Å². The lowest BCUT2D eigenvalue weighted by Crippen LogP contribution is -2.31. The fourth-order valence-electron chi connectivity index (χ4n) is 2.05. The first-order chi connectivity index (χ1) is 12.7. The van der Waals surface area contributed by atoms with Gasteiger partial charge in [-0.15, -0.1) is 0 Å². The minimum absolute atomic E-state index is 0.0638. The van der Waals surface area contributed by atoms with Gasteiger partial charge in [0.05, 0.1) is 5.69 Å². The van der Waals surface area contributed by atoms with Crippen molar-refractivity contribution in [2.24, 2.45) is 5.92 Å². The highest BCUT2D eigenvalue weighted by Crippen LogP contribution is 2.18. The summed E-state index contributed by atoms with van der Waals surface area (Å²) in [6, 6.07) is 5.14. The number of benzene rings is 1. The summed E-state index contributed by atoms with van der Waals surface area (Å²) in [6.07, 6.45) is 1.12. The smallest absolute Gasteiger partial charge is 0.263 e. The van der Waals surface area contributed by atoms with Gasteiger partial charge in [0.1, 0.15) is 22.3 Å². The monoisotopic (exact) mass is 398 g/mol. The topological polar surface area (TPSA) is 100 Å². The third kappa shape index (κ3) is 6.17. The summed E-state index contributed by atoms with van der Waals surface area (Å²) < 4.78 is 53.0. The molecule has 0 saturated carbocycles. The predicted molar refractivity (Wildman–Crippen MR) is 97.7 cm³/mol. The van der Waals surface area contributed by atoms with Crippen LogP contribution in [-0.4, -0.2) is 32.4 Å². The lowest BCUT2D eigenvalue weighted by atomic mass is 10.2. The van der Waals surface area contributed by atoms with E-state index in [0.717, 1.165) is 18.3 Å². The Labute approximate surface area is 156 Å². The Morgan fingerprint density at radius 2 is 1.78 bits per heavy atom. The van der Waals surface area contributed by atoms with Gasteiger partial charge in [0.15, 0.2) is 0 Å². The number of sulfonamides is 1. The van der Waals surface area contributed by atoms with Crippen molar-refractivity contribution in [3.8, 4) is 0 Å². The number of hydrogen-bond acceptors (Lipinski definition) is 5. The second kappa shape index (κ2) is 8.76. The number of halogens is 2. The van der Waals surface area contributed by atoms with Gasteiger partial charge >= 0.3 is 0 Å². The maximum absolute atomic E-state index is 13.2. The number of amides is 1. The van der Waals surface area contributed by atoms with Gasteiger partial charge in [0.2, 0.25) is 5.91 Å². The van der Waals surface area contributed by atoms with Crippen LogP contribution in [0.15, 0.2) is 41.4 Å². The van der Waals surface area contributed by atoms with E-state index in [0.29, 0.717) is 25.0 Å². The Morgan fingerprint density at radius 3 is 2.33 bits per heavy atom. The van der Waals surface area contributed by atoms with Crippen molar-refractivity contribution in [3.63, 3.8) is 0 Å². The normalized spacial score (nSPS) is 11.3. The average Bonchev–Trinajstić information content (AvgIpc) is 2.57. The van der Waals surface area contributed by atoms with Crippen LogP contribution in [0.25, 0.3) is 0 Å². The predicted octanol–water partition coefficient (Wildman–Crippen LogP) is 2.34. The molecule has 0 aliphatic rings. The Morgan fingerprint density at radius 1 is 1.11 bits per heavy atom. The molecule has 0 aliphatic carbocycles. The summed E-state index contributed by atoms with van der Waals surface area (Å²) in [5, 5.41) is 5.67. The molecule has 0 atom stereocenters. The lowest BCUT2D eigenvalue weighted by Gasteiger charge is -2.10. The highest BCUT2D eigenvalue weighted by molar-refractivity contribution is 7.92. The molecular weight excluding hydrogens is 378 g/mol. The number of hydrogen-bond donors (Lipinski definition) is 3. The van der Waals surface area contributed by atoms with Gasteiger partial charge in [0, 0.05) is 31.3 Å². The second-order valence-electron chi connectivity index (χ2n) is 6.02. The third-order valence-electron chi connectivity index (χ3n) is 3.42. The molecule has 1 heterocycles. The van der Waals surface area contributed by atoms with Crippen LogP contribution in [0, 0.1) is 17.6 Å². The van der Waals surface area contributed by atoms with Crippen molar-refractivity contribution in [2.75, 3.05) is 23.1 Å². The van der Waals surface area contributed by atoms with Crippen molar-refractivity contribution in [1.82, 2.24) is 10.3 Å². The number of carbonyl (C=O) groups excluding carboxylic acids is 1. The molecule has 7 nitrogen and oxygen atoms in total. The zero-order valence-electron chi connectivity index (χ0n) is 14.8. The van der Waals surface area contributed by atoms with Crippen LogP contribution in [0.5, 0.6) is 0 Å². The molecule has 1 aromatic carbocycles. The number of pyridine rings is 1. The Balaban J connectivity index is 1.96. The summed E-state index contributed by atoms with van der Waals surface area (Å²) in [5.41, 5.74) is -0.226. The van der Waals surface area contributed by atoms with Gasteiger partial charge in [-0.1, -0.05) is 13.8 Å². The van der Waals surface area contributed by atoms with Crippen molar-refractivity contribution < 1.29 is 22.0 Å². The van der Waals surface area contributed by atoms with Crippen LogP contribution in [-0.2, 0) is 14.8 Å². The highest BCUT2D eigenvalue weighted by atomic mass is 32.2. The summed E-state index contributed by atoms with van der Waals surface area (Å²) in [5.74, 6) is -1.54. The van der Waals surface area contributed by atoms with E-state index in [-0.39, 0.29) is 22.4 Å². The summed E-state index contributed by atoms with van der Waals surface area (Å²) in [7, 11) is -4.04. The molecule has 0 bridgehead atoms. The number of carbonyl (C=O) groups is 1. The zero-order chi connectivity index (χ0) is 20.0. The minimum atomic E-state index is -4.04. The Kier molecular flexibility index (Phi) is 6.67. The molecular formula is C17H20F2N4O3S. The van der Waals surface area contributed by atoms with E-state index in [1.807, 2.05) is 0 Å². The van der Waals surface area contributed by atoms with Crippen LogP contribution in [0.3, 0.4) is 0 Å². The van der Waals surface area contributed by atoms with Gasteiger partial charge in [0.25, 0.3) is 10.0 Å². The Bertz CT molecular complexity index is 883. The van der Waals surface area contributed by atoms with E-state index < -0.39 is 21.7 Å². The van der Waals surface area contributed by atoms with Gasteiger partial charge in [-0.2, -0.15) is 0 Å². The van der Waals surface area contributed by atoms with E-state index >= 15 is 0 Å². The molecule has 2 aromatic rings. The fourth-order valence-corrected chi connectivity index (χ4v) is 3.04. The van der Waals surface area contributed by atoms with Gasteiger partial charge < -0.3 is 10.6 Å². The molecule has 10 heteroatoms. The number of nitrogens with one attached hydrogen (secondary N) is 3. The van der Waals surface area contributed by atoms with Crippen LogP contribution >= 0.6 is 0 Å². The first-order valence-electron chi connectivity index (χ1n) is 8.14. The lowest BCUT2D eigenvalue weighted by molar-refractivity contribution is -0.123. The quantitative estimate of drug-likeness (QED) is 0.593. The molecule has 1 amide bonds. The minimum Gasteiger partial charge on any atom is -0.368 e. The molecule has 0 fully saturated rings. The molecule has 0 aliphatic heterocycles. The van der Waals surface area contributed by atoms with Crippen LogP contribution < -0.4 is 15.4 Å². The van der Waals surface area contributed by atoms with Crippen LogP contribution in [0.2, 0.25) is 0 Å². The Hall–Kier alpha value is -2.75. The molecule has 0 unspecified atom stereocenters. The van der Waals surface area contributed by atoms with E-state index in [4.69, 9.17) is 0 Å². The molecule has 3 N–H and O–H groups in total. The SMILES string of the molecule is CC(C)C(=O)NCCNc1ccc(S(=O)(=O)Nc2cc(F)cc(F)c2)cn1. The largest absolute Gasteiger partial charge is 0.368 e. The number of rotatable bonds is 8. The first-order valence-corrected chi connectivity index (χ1v) is 9.62. The molecule has 0 saturated heterocycles.